The lowest BCUT2D eigenvalue weighted by atomic mass is 10.1. The molecule has 2 saturated heterocycles. The molecule has 18 rings (SSSR count). The van der Waals surface area contributed by atoms with Crippen molar-refractivity contribution in [2.24, 2.45) is 0 Å². The van der Waals surface area contributed by atoms with Gasteiger partial charge in [0.2, 0.25) is 6.67 Å². The number of likely N-dealkylation sites (tertiary alicyclic amines) is 1. The van der Waals surface area contributed by atoms with Gasteiger partial charge in [-0.1, -0.05) is 97.1 Å². The summed E-state index contributed by atoms with van der Waals surface area (Å²) >= 11 is 0. The number of aromatic amines is 5. The Morgan fingerprint density at radius 2 is 0.654 bits per heavy atom. The van der Waals surface area contributed by atoms with Crippen molar-refractivity contribution in [1.82, 2.24) is 44.5 Å². The number of carbonyl (C=O) groups is 7. The van der Waals surface area contributed by atoms with Crippen LogP contribution < -0.4 is 53.9 Å². The zero-order chi connectivity index (χ0) is 90.9. The first-order chi connectivity index (χ1) is 61.3. The van der Waals surface area contributed by atoms with Gasteiger partial charge in [0.15, 0.2) is 32.4 Å². The molecule has 27 heteroatoms. The van der Waals surface area contributed by atoms with E-state index in [9.17, 15) is 33.6 Å². The highest BCUT2D eigenvalue weighted by atomic mass is 35.5. The normalized spacial score (nSPS) is 16.7. The SMILES string of the molecule is Cc1cc(C)c(/C=C2\C(=O)N(CN3CCCC3)c3ccccc32)[nH]1.Cc1cc(C)c(/C=C2\C(=O)N(CN3CCN(C)CC3)c3ccccc32)[nH]1.Cc1cc(C)c(/C=C2\C(=O)N(COC(=O)CN(C)C)c3ccccc32)[nH]1.Cc1cc(C)c(/C=C2\C(=O)N(COC(=O)C[N+](C)(C)C)c3ccccc32)[nH]1.Cc1cc(C)c(/C=C2\C(=O)N(C[n+]3ccccc3)c3ccccc32)[nH]1.[Cl-].[Cl-]. The van der Waals surface area contributed by atoms with Crippen molar-refractivity contribution in [3.05, 3.63) is 295 Å². The molecule has 0 atom stereocenters. The van der Waals surface area contributed by atoms with E-state index in [1.54, 1.807) is 19.0 Å². The number of anilines is 5. The van der Waals surface area contributed by atoms with E-state index in [4.69, 9.17) is 9.47 Å². The molecule has 2 fully saturated rings. The fourth-order valence-corrected chi connectivity index (χ4v) is 17.1. The number of piperazine rings is 1. The van der Waals surface area contributed by atoms with Gasteiger partial charge in [0, 0.05) is 123 Å². The smallest absolute Gasteiger partial charge is 0.363 e. The Labute approximate surface area is 774 Å². The summed E-state index contributed by atoms with van der Waals surface area (Å²) in [5.41, 5.74) is 28.6. The van der Waals surface area contributed by atoms with E-state index >= 15 is 0 Å². The number of H-pyrrole nitrogens is 5. The second kappa shape index (κ2) is 42.1. The second-order valence-electron chi connectivity index (χ2n) is 35.3. The highest BCUT2D eigenvalue weighted by molar-refractivity contribution is 6.39. The van der Waals surface area contributed by atoms with E-state index in [1.807, 2.05) is 271 Å². The zero-order valence-corrected chi connectivity index (χ0v) is 78.7. The number of hydrogen-bond acceptors (Lipinski definition) is 13. The van der Waals surface area contributed by atoms with Crippen LogP contribution >= 0.6 is 0 Å². The zero-order valence-electron chi connectivity index (χ0n) is 77.2. The minimum atomic E-state index is -0.367. The third-order valence-corrected chi connectivity index (χ3v) is 23.5. The summed E-state index contributed by atoms with van der Waals surface area (Å²) in [6.45, 7) is 28.6. The van der Waals surface area contributed by atoms with Crippen LogP contribution in [0.2, 0.25) is 0 Å². The van der Waals surface area contributed by atoms with Crippen LogP contribution in [0, 0.1) is 69.2 Å². The fraction of sp³-hybridized carbons (Fsp3) is 0.301. The van der Waals surface area contributed by atoms with Crippen LogP contribution in [0.25, 0.3) is 58.2 Å². The molecule has 0 spiro atoms. The van der Waals surface area contributed by atoms with E-state index < -0.39 is 0 Å². The predicted octanol–water partition coefficient (Wildman–Crippen LogP) is 9.07. The van der Waals surface area contributed by atoms with E-state index in [0.29, 0.717) is 35.6 Å². The molecule has 5 amide bonds. The van der Waals surface area contributed by atoms with Crippen LogP contribution in [0.3, 0.4) is 0 Å². The molecule has 5 N–H and O–H groups in total. The number of aromatic nitrogens is 6. The number of para-hydroxylation sites is 5. The average molecular weight is 1800 g/mol. The first kappa shape index (κ1) is 96.1. The maximum absolute atomic E-state index is 13.2. The van der Waals surface area contributed by atoms with Gasteiger partial charge in [0.05, 0.1) is 97.3 Å². The van der Waals surface area contributed by atoms with E-state index in [-0.39, 0.29) is 92.8 Å². The monoisotopic (exact) mass is 1790 g/mol. The maximum atomic E-state index is 13.2. The van der Waals surface area contributed by atoms with Crippen molar-refractivity contribution < 1.29 is 76.9 Å². The summed E-state index contributed by atoms with van der Waals surface area (Å²) in [6, 6.07) is 55.6. The molecule has 0 unspecified atom stereocenters. The number of quaternary nitrogens is 1. The van der Waals surface area contributed by atoms with Gasteiger partial charge in [-0.15, -0.1) is 0 Å². The molecule has 678 valence electrons. The average Bonchev–Trinajstić information content (AvgIpc) is 1.66. The van der Waals surface area contributed by atoms with E-state index in [0.717, 1.165) is 191 Å². The molecule has 130 heavy (non-hydrogen) atoms. The molecule has 13 heterocycles. The maximum Gasteiger partial charge on any atom is 0.363 e. The van der Waals surface area contributed by atoms with Gasteiger partial charge in [-0.05, 0) is 235 Å². The van der Waals surface area contributed by atoms with Crippen LogP contribution in [-0.4, -0.2) is 212 Å². The minimum absolute atomic E-state index is 0. The Morgan fingerprint density at radius 1 is 0.377 bits per heavy atom. The lowest BCUT2D eigenvalue weighted by molar-refractivity contribution is -0.862. The molecule has 5 aromatic carbocycles. The van der Waals surface area contributed by atoms with Gasteiger partial charge >= 0.3 is 11.9 Å². The Hall–Kier alpha value is -13.0. The van der Waals surface area contributed by atoms with Gasteiger partial charge in [-0.25, -0.2) is 4.79 Å². The molecule has 6 aromatic heterocycles. The molecule has 7 aliphatic heterocycles. The van der Waals surface area contributed by atoms with Crippen molar-refractivity contribution in [1.29, 1.82) is 0 Å². The number of esters is 2. The van der Waals surface area contributed by atoms with Gasteiger partial charge < -0.3 is 68.6 Å². The number of aryl methyl sites for hydroxylation is 10. The first-order valence-corrected chi connectivity index (χ1v) is 43.6. The molecule has 7 aliphatic rings. The van der Waals surface area contributed by atoms with Gasteiger partial charge in [0.25, 0.3) is 29.5 Å². The van der Waals surface area contributed by atoms with E-state index in [1.165, 1.54) is 28.2 Å². The molecule has 0 radical (unpaired) electrons. The number of rotatable bonds is 19. The lowest BCUT2D eigenvalue weighted by Gasteiger charge is -2.34. The van der Waals surface area contributed by atoms with Gasteiger partial charge in [0.1, 0.15) is 0 Å². The highest BCUT2D eigenvalue weighted by Crippen LogP contribution is 2.44. The lowest BCUT2D eigenvalue weighted by Crippen LogP contribution is -3.00. The number of fused-ring (bicyclic) bond motifs is 5. The third kappa shape index (κ3) is 22.5. The van der Waals surface area contributed by atoms with Crippen LogP contribution in [0.1, 0.15) is 125 Å². The standard InChI is InChI=1S/C21H26N4O.C21H25N3O3.C21H19N3O.C20H23N3O3.C20H23N3O.2ClH/c1-15-12-16(2)22-19(15)13-18-17-6-4-5-7-20(17)25(21(18)26)14-24-10-8-23(3)9-11-24;1-14-10-15(2)22-18(14)11-17-16-8-6-7-9-19(16)23(21(17)26)13-27-20(25)12-24(3,4)5;1-15-12-16(2)22-19(15)13-18-17-8-4-5-9-20(17)24(21(18)25)14-23-10-6-3-7-11-23;1-13-9-14(2)21-17(13)10-16-15-7-5-6-8-18(15)23(20(16)25)12-26-19(24)11-22(3)4;1-14-11-15(2)21-18(14)12-17-16-7-3-4-8-19(16)23(20(17)24)13-22-9-5-6-10-22;;/h4-7,12-13,22H,8-11,14H2,1-3H3;6-11H,12-13H2,1-5H3;3-13H,14H2,1-2H3;5-10,21H,11-12H2,1-4H3;3-4,7-8,11-12,21H,5-6,9-10,13H2,1-2H3;2*1H/b18-13-;;;16-10-;17-12-;;. The first-order valence-electron chi connectivity index (χ1n) is 43.6. The number of nitrogens with zero attached hydrogens (tertiary/aromatic N) is 11. The number of amides is 5. The van der Waals surface area contributed by atoms with Crippen molar-refractivity contribution in [3.63, 3.8) is 0 Å². The van der Waals surface area contributed by atoms with Crippen LogP contribution in [0.4, 0.5) is 28.4 Å². The third-order valence-electron chi connectivity index (χ3n) is 23.5. The summed E-state index contributed by atoms with van der Waals surface area (Å²) < 4.78 is 13.1. The summed E-state index contributed by atoms with van der Waals surface area (Å²) in [4.78, 5) is 123. The topological polar surface area (TPSA) is 250 Å². The number of pyridine rings is 1. The number of halogens is 2. The van der Waals surface area contributed by atoms with E-state index in [2.05, 4.69) is 97.8 Å². The molecule has 25 nitrogen and oxygen atoms in total. The summed E-state index contributed by atoms with van der Waals surface area (Å²) in [6.07, 6.45) is 16.1. The Balaban J connectivity index is 0.000000147. The Kier molecular flexibility index (Phi) is 31.1. The van der Waals surface area contributed by atoms with Crippen molar-refractivity contribution in [3.8, 4) is 0 Å². The van der Waals surface area contributed by atoms with Crippen LogP contribution in [-0.2, 0) is 49.7 Å². The number of ether oxygens (including phenoxy) is 2. The molecule has 0 aliphatic carbocycles. The quantitative estimate of drug-likeness (QED) is 0.0220. The minimum Gasteiger partial charge on any atom is -1.00 e. The van der Waals surface area contributed by atoms with Gasteiger partial charge in [-0.3, -0.25) is 68.0 Å². The molecule has 11 aromatic rings. The van der Waals surface area contributed by atoms with Crippen LogP contribution in [0.15, 0.2) is 182 Å². The number of likely N-dealkylation sites (N-methyl/N-ethyl adjacent to an activating group) is 3. The number of benzene rings is 5. The van der Waals surface area contributed by atoms with Crippen LogP contribution in [0.5, 0.6) is 0 Å². The Bertz CT molecular complexity index is 6170. The second-order valence-corrected chi connectivity index (χ2v) is 35.3. The van der Waals surface area contributed by atoms with Crippen molar-refractivity contribution in [2.75, 3.05) is 146 Å². The largest absolute Gasteiger partial charge is 1.00 e. The molecule has 0 saturated carbocycles. The number of nitrogens with one attached hydrogen (secondary N) is 5. The number of carbonyl (C=O) groups excluding carboxylic acids is 7. The molecule has 0 bridgehead atoms. The highest BCUT2D eigenvalue weighted by Gasteiger charge is 2.40. The van der Waals surface area contributed by atoms with Gasteiger partial charge in [-0.2, -0.15) is 4.57 Å². The molecular weight excluding hydrogens is 1680 g/mol. The Morgan fingerprint density at radius 3 is 0.954 bits per heavy atom. The summed E-state index contributed by atoms with van der Waals surface area (Å²) in [5, 5.41) is 0. The molecular formula is C103H118Cl2N16O9. The fourth-order valence-electron chi connectivity index (χ4n) is 17.1. The number of hydrogen-bond donors (Lipinski definition) is 5. The summed E-state index contributed by atoms with van der Waals surface area (Å²) in [5.74, 6) is -0.804. The predicted molar refractivity (Wildman–Crippen MR) is 510 cm³/mol. The summed E-state index contributed by atoms with van der Waals surface area (Å²) in [7, 11) is 11.5. The van der Waals surface area contributed by atoms with Crippen molar-refractivity contribution >= 4 is 128 Å². The van der Waals surface area contributed by atoms with Crippen molar-refractivity contribution in [2.45, 2.75) is 88.7 Å².